The van der Waals surface area contributed by atoms with Gasteiger partial charge in [-0.3, -0.25) is 9.59 Å². The number of thioether (sulfide) groups is 1. The highest BCUT2D eigenvalue weighted by Crippen LogP contribution is 2.23. The molecule has 2 fully saturated rings. The Morgan fingerprint density at radius 2 is 1.67 bits per heavy atom. The Morgan fingerprint density at radius 3 is 2.30 bits per heavy atom. The number of piperidine rings is 1. The predicted molar refractivity (Wildman–Crippen MR) is 105 cm³/mol. The van der Waals surface area contributed by atoms with Gasteiger partial charge in [0.1, 0.15) is 0 Å². The third-order valence-electron chi connectivity index (χ3n) is 4.98. The van der Waals surface area contributed by atoms with Crippen LogP contribution in [0.4, 0.5) is 0 Å². The number of benzene rings is 1. The minimum atomic E-state index is -3.51. The van der Waals surface area contributed by atoms with Crippen molar-refractivity contribution in [1.82, 2.24) is 14.5 Å². The van der Waals surface area contributed by atoms with E-state index in [0.29, 0.717) is 25.9 Å². The molecule has 0 spiro atoms. The number of hydrogen-bond acceptors (Lipinski definition) is 5. The summed E-state index contributed by atoms with van der Waals surface area (Å²) in [6.45, 7) is 2.11. The van der Waals surface area contributed by atoms with Gasteiger partial charge in [0.05, 0.1) is 11.4 Å². The largest absolute Gasteiger partial charge is 0.347 e. The molecular weight excluding hydrogens is 386 g/mol. The fraction of sp³-hybridized carbons (Fsp3) is 0.556. The van der Waals surface area contributed by atoms with Crippen LogP contribution in [0.15, 0.2) is 35.2 Å². The van der Waals surface area contributed by atoms with E-state index in [-0.39, 0.29) is 29.2 Å². The van der Waals surface area contributed by atoms with Gasteiger partial charge in [-0.15, -0.1) is 0 Å². The van der Waals surface area contributed by atoms with Crippen LogP contribution in [0, 0.1) is 5.92 Å². The summed E-state index contributed by atoms with van der Waals surface area (Å²) in [6.07, 6.45) is 0.929. The Morgan fingerprint density at radius 1 is 1.04 bits per heavy atom. The van der Waals surface area contributed by atoms with Crippen molar-refractivity contribution in [3.63, 3.8) is 0 Å². The van der Waals surface area contributed by atoms with Crippen LogP contribution in [-0.2, 0) is 19.6 Å². The number of amides is 2. The number of carbonyl (C=O) groups excluding carboxylic acids is 2. The molecule has 2 saturated heterocycles. The fourth-order valence-electron chi connectivity index (χ4n) is 3.33. The summed E-state index contributed by atoms with van der Waals surface area (Å²) in [4.78, 5) is 26.6. The van der Waals surface area contributed by atoms with Crippen molar-refractivity contribution in [1.29, 1.82) is 0 Å². The Bertz CT molecular complexity index is 756. The van der Waals surface area contributed by atoms with E-state index in [9.17, 15) is 18.0 Å². The van der Waals surface area contributed by atoms with Crippen LogP contribution in [0.25, 0.3) is 0 Å². The second-order valence-corrected chi connectivity index (χ2v) is 9.87. The van der Waals surface area contributed by atoms with Crippen LogP contribution in [0.5, 0.6) is 0 Å². The molecule has 0 radical (unpaired) electrons. The second-order valence-electron chi connectivity index (χ2n) is 6.70. The smallest absolute Gasteiger partial charge is 0.243 e. The molecular formula is C18H25N3O4S2. The molecule has 3 rings (SSSR count). The number of hydrogen-bond donors (Lipinski definition) is 1. The topological polar surface area (TPSA) is 86.8 Å². The summed E-state index contributed by atoms with van der Waals surface area (Å²) in [5.41, 5.74) is 0. The van der Waals surface area contributed by atoms with Gasteiger partial charge < -0.3 is 10.2 Å². The van der Waals surface area contributed by atoms with E-state index in [0.717, 1.165) is 24.6 Å². The summed E-state index contributed by atoms with van der Waals surface area (Å²) in [6, 6.07) is 8.34. The van der Waals surface area contributed by atoms with E-state index in [2.05, 4.69) is 5.32 Å². The summed E-state index contributed by atoms with van der Waals surface area (Å²) in [7, 11) is -3.51. The number of rotatable bonds is 5. The Hall–Kier alpha value is -1.58. The molecule has 0 atom stereocenters. The third-order valence-corrected chi connectivity index (χ3v) is 7.84. The maximum atomic E-state index is 12.6. The number of carbonyl (C=O) groups is 2. The minimum absolute atomic E-state index is 0.0199. The lowest BCUT2D eigenvalue weighted by molar-refractivity contribution is -0.134. The van der Waals surface area contributed by atoms with Crippen molar-refractivity contribution in [2.45, 2.75) is 17.7 Å². The molecule has 1 N–H and O–H groups in total. The molecule has 9 heteroatoms. The standard InChI is InChI=1S/C18H25N3O4S2/c22-17(20-10-12-26-13-11-20)14-19-18(23)15-6-8-21(9-7-15)27(24,25)16-4-2-1-3-5-16/h1-5,15H,6-14H2,(H,19,23). The van der Waals surface area contributed by atoms with E-state index in [1.807, 2.05) is 11.8 Å². The summed E-state index contributed by atoms with van der Waals surface area (Å²) >= 11 is 1.83. The molecule has 0 unspecified atom stereocenters. The Labute approximate surface area is 164 Å². The van der Waals surface area contributed by atoms with Crippen LogP contribution in [0.2, 0.25) is 0 Å². The van der Waals surface area contributed by atoms with Gasteiger partial charge in [0.25, 0.3) is 0 Å². The first-order valence-corrected chi connectivity index (χ1v) is 11.8. The maximum absolute atomic E-state index is 12.6. The molecule has 0 bridgehead atoms. The quantitative estimate of drug-likeness (QED) is 0.774. The minimum Gasteiger partial charge on any atom is -0.347 e. The predicted octanol–water partition coefficient (Wildman–Crippen LogP) is 0.779. The number of nitrogens with one attached hydrogen (secondary N) is 1. The van der Waals surface area contributed by atoms with E-state index >= 15 is 0 Å². The van der Waals surface area contributed by atoms with Crippen LogP contribution < -0.4 is 5.32 Å². The van der Waals surface area contributed by atoms with Crippen molar-refractivity contribution in [3.05, 3.63) is 30.3 Å². The lowest BCUT2D eigenvalue weighted by atomic mass is 9.97. The average Bonchev–Trinajstić information content (AvgIpc) is 2.73. The van der Waals surface area contributed by atoms with Crippen molar-refractivity contribution >= 4 is 33.6 Å². The van der Waals surface area contributed by atoms with Crippen molar-refractivity contribution in [3.8, 4) is 0 Å². The van der Waals surface area contributed by atoms with Crippen molar-refractivity contribution < 1.29 is 18.0 Å². The molecule has 2 aliphatic rings. The molecule has 148 valence electrons. The van der Waals surface area contributed by atoms with Gasteiger partial charge in [0.15, 0.2) is 0 Å². The summed E-state index contributed by atoms with van der Waals surface area (Å²) in [5, 5.41) is 2.73. The van der Waals surface area contributed by atoms with Gasteiger partial charge >= 0.3 is 0 Å². The molecule has 27 heavy (non-hydrogen) atoms. The lowest BCUT2D eigenvalue weighted by Gasteiger charge is -2.31. The average molecular weight is 412 g/mol. The van der Waals surface area contributed by atoms with Gasteiger partial charge in [-0.2, -0.15) is 16.1 Å². The Balaban J connectivity index is 1.47. The lowest BCUT2D eigenvalue weighted by Crippen LogP contribution is -2.47. The number of nitrogens with zero attached hydrogens (tertiary/aromatic N) is 2. The van der Waals surface area contributed by atoms with Crippen LogP contribution in [0.1, 0.15) is 12.8 Å². The van der Waals surface area contributed by atoms with Gasteiger partial charge in [0.2, 0.25) is 21.8 Å². The third kappa shape index (κ3) is 5.03. The van der Waals surface area contributed by atoms with Crippen molar-refractivity contribution in [2.24, 2.45) is 5.92 Å². The van der Waals surface area contributed by atoms with Gasteiger partial charge in [0, 0.05) is 43.6 Å². The highest BCUT2D eigenvalue weighted by Gasteiger charge is 2.32. The van der Waals surface area contributed by atoms with Gasteiger partial charge in [-0.05, 0) is 25.0 Å². The molecule has 2 amide bonds. The zero-order chi connectivity index (χ0) is 19.3. The number of sulfonamides is 1. The van der Waals surface area contributed by atoms with Crippen molar-refractivity contribution in [2.75, 3.05) is 44.2 Å². The molecule has 0 saturated carbocycles. The molecule has 1 aromatic carbocycles. The monoisotopic (exact) mass is 411 g/mol. The molecule has 1 aromatic rings. The van der Waals surface area contributed by atoms with Crippen LogP contribution in [0.3, 0.4) is 0 Å². The van der Waals surface area contributed by atoms with E-state index in [1.165, 1.54) is 4.31 Å². The maximum Gasteiger partial charge on any atom is 0.243 e. The van der Waals surface area contributed by atoms with Crippen LogP contribution in [-0.4, -0.2) is 73.7 Å². The van der Waals surface area contributed by atoms with Gasteiger partial charge in [-0.1, -0.05) is 18.2 Å². The SMILES string of the molecule is O=C(NCC(=O)N1CCSCC1)C1CCN(S(=O)(=O)c2ccccc2)CC1. The zero-order valence-electron chi connectivity index (χ0n) is 15.2. The highest BCUT2D eigenvalue weighted by atomic mass is 32.2. The Kier molecular flexibility index (Phi) is 6.78. The van der Waals surface area contributed by atoms with E-state index in [4.69, 9.17) is 0 Å². The fourth-order valence-corrected chi connectivity index (χ4v) is 5.73. The van der Waals surface area contributed by atoms with E-state index in [1.54, 1.807) is 35.2 Å². The normalized spacial score (nSPS) is 19.6. The first-order chi connectivity index (χ1) is 13.0. The molecule has 7 nitrogen and oxygen atoms in total. The molecule has 2 heterocycles. The first-order valence-electron chi connectivity index (χ1n) is 9.17. The second kappa shape index (κ2) is 9.07. The van der Waals surface area contributed by atoms with E-state index < -0.39 is 10.0 Å². The zero-order valence-corrected chi connectivity index (χ0v) is 16.8. The summed E-state index contributed by atoms with van der Waals surface area (Å²) in [5.74, 6) is 1.42. The molecule has 2 aliphatic heterocycles. The summed E-state index contributed by atoms with van der Waals surface area (Å²) < 4.78 is 26.7. The highest BCUT2D eigenvalue weighted by molar-refractivity contribution is 7.99. The van der Waals surface area contributed by atoms with Gasteiger partial charge in [-0.25, -0.2) is 8.42 Å². The molecule has 0 aromatic heterocycles. The first kappa shape index (κ1) is 20.2. The van der Waals surface area contributed by atoms with Crippen LogP contribution >= 0.6 is 11.8 Å². The molecule has 0 aliphatic carbocycles.